The first kappa shape index (κ1) is 19.7. The van der Waals surface area contributed by atoms with Crippen molar-refractivity contribution in [1.82, 2.24) is 5.32 Å². The molecular formula is C21H35NO. The van der Waals surface area contributed by atoms with E-state index in [1.165, 1.54) is 24.8 Å². The van der Waals surface area contributed by atoms with Crippen molar-refractivity contribution in [2.24, 2.45) is 11.8 Å². The smallest absolute Gasteiger partial charge is 0.227 e. The van der Waals surface area contributed by atoms with E-state index in [4.69, 9.17) is 0 Å². The predicted octanol–water partition coefficient (Wildman–Crippen LogP) is 5.32. The van der Waals surface area contributed by atoms with Crippen molar-refractivity contribution in [3.05, 3.63) is 35.4 Å². The first-order valence-electron chi connectivity index (χ1n) is 9.34. The van der Waals surface area contributed by atoms with Crippen LogP contribution in [0.2, 0.25) is 0 Å². The summed E-state index contributed by atoms with van der Waals surface area (Å²) in [7, 11) is 0. The lowest BCUT2D eigenvalue weighted by Gasteiger charge is -2.18. The number of carbonyl (C=O) groups excluding carboxylic acids is 1. The lowest BCUT2D eigenvalue weighted by Crippen LogP contribution is -2.32. The van der Waals surface area contributed by atoms with Gasteiger partial charge in [0.2, 0.25) is 5.91 Å². The van der Waals surface area contributed by atoms with Gasteiger partial charge in [-0.25, -0.2) is 0 Å². The Hall–Kier alpha value is -1.31. The molecule has 2 atom stereocenters. The summed E-state index contributed by atoms with van der Waals surface area (Å²) < 4.78 is 0. The minimum atomic E-state index is -0.0771. The number of nitrogens with one attached hydrogen (secondary N) is 1. The van der Waals surface area contributed by atoms with E-state index in [2.05, 4.69) is 57.3 Å². The number of hydrogen-bond donors (Lipinski definition) is 1. The van der Waals surface area contributed by atoms with Crippen molar-refractivity contribution in [2.75, 3.05) is 6.54 Å². The summed E-state index contributed by atoms with van der Waals surface area (Å²) in [6, 6.07) is 8.54. The van der Waals surface area contributed by atoms with Gasteiger partial charge in [0.25, 0.3) is 0 Å². The Morgan fingerprint density at radius 2 is 1.74 bits per heavy atom. The highest BCUT2D eigenvalue weighted by molar-refractivity contribution is 5.83. The van der Waals surface area contributed by atoms with Crippen molar-refractivity contribution in [3.8, 4) is 0 Å². The topological polar surface area (TPSA) is 29.1 Å². The van der Waals surface area contributed by atoms with E-state index >= 15 is 0 Å². The molecule has 1 aromatic carbocycles. The molecule has 0 aliphatic heterocycles. The molecule has 0 spiro atoms. The lowest BCUT2D eigenvalue weighted by molar-refractivity contribution is -0.122. The molecule has 1 amide bonds. The number of hydrogen-bond acceptors (Lipinski definition) is 1. The molecule has 0 heterocycles. The molecule has 0 radical (unpaired) electrons. The van der Waals surface area contributed by atoms with Crippen LogP contribution in [0.3, 0.4) is 0 Å². The van der Waals surface area contributed by atoms with Gasteiger partial charge >= 0.3 is 0 Å². The molecule has 1 N–H and O–H groups in total. The number of rotatable bonds is 10. The van der Waals surface area contributed by atoms with Crippen molar-refractivity contribution in [2.45, 2.75) is 72.6 Å². The third-order valence-corrected chi connectivity index (χ3v) is 4.63. The molecule has 0 aliphatic rings. The molecule has 0 bridgehead atoms. The maximum absolute atomic E-state index is 12.4. The second-order valence-electron chi connectivity index (χ2n) is 7.22. The van der Waals surface area contributed by atoms with Crippen LogP contribution in [-0.4, -0.2) is 12.5 Å². The van der Waals surface area contributed by atoms with Gasteiger partial charge in [-0.3, -0.25) is 4.79 Å². The van der Waals surface area contributed by atoms with Crippen LogP contribution in [0.1, 0.15) is 77.3 Å². The molecule has 0 saturated carbocycles. The van der Waals surface area contributed by atoms with E-state index in [1.54, 1.807) is 0 Å². The van der Waals surface area contributed by atoms with Crippen LogP contribution in [0.5, 0.6) is 0 Å². The zero-order valence-electron chi connectivity index (χ0n) is 15.7. The van der Waals surface area contributed by atoms with Gasteiger partial charge in [-0.1, -0.05) is 71.2 Å². The van der Waals surface area contributed by atoms with Gasteiger partial charge in [0.1, 0.15) is 0 Å². The Kier molecular flexibility index (Phi) is 8.98. The minimum absolute atomic E-state index is 0.0771. The maximum Gasteiger partial charge on any atom is 0.227 e. The molecule has 2 heteroatoms. The zero-order valence-corrected chi connectivity index (χ0v) is 15.7. The van der Waals surface area contributed by atoms with Crippen LogP contribution < -0.4 is 5.32 Å². The highest BCUT2D eigenvalue weighted by Gasteiger charge is 2.16. The van der Waals surface area contributed by atoms with E-state index in [0.29, 0.717) is 11.8 Å². The van der Waals surface area contributed by atoms with Gasteiger partial charge in [-0.2, -0.15) is 0 Å². The van der Waals surface area contributed by atoms with Crippen molar-refractivity contribution >= 4 is 5.91 Å². The number of unbranched alkanes of at least 4 members (excludes halogenated alkanes) is 1. The van der Waals surface area contributed by atoms with Crippen LogP contribution in [0.4, 0.5) is 0 Å². The Labute approximate surface area is 143 Å². The fourth-order valence-electron chi connectivity index (χ4n) is 2.91. The second-order valence-corrected chi connectivity index (χ2v) is 7.22. The summed E-state index contributed by atoms with van der Waals surface area (Å²) in [5, 5.41) is 3.15. The van der Waals surface area contributed by atoms with E-state index in [9.17, 15) is 4.79 Å². The largest absolute Gasteiger partial charge is 0.355 e. The summed E-state index contributed by atoms with van der Waals surface area (Å²) in [5.74, 6) is 1.35. The van der Waals surface area contributed by atoms with Crippen LogP contribution >= 0.6 is 0 Å². The quantitative estimate of drug-likeness (QED) is 0.621. The third kappa shape index (κ3) is 7.20. The van der Waals surface area contributed by atoms with E-state index in [0.717, 1.165) is 24.9 Å². The van der Waals surface area contributed by atoms with Gasteiger partial charge in [-0.15, -0.1) is 0 Å². The summed E-state index contributed by atoms with van der Waals surface area (Å²) in [6.07, 6.45) is 5.92. The molecule has 0 aromatic heterocycles. The molecular weight excluding hydrogens is 282 g/mol. The van der Waals surface area contributed by atoms with Crippen LogP contribution in [0.25, 0.3) is 0 Å². The predicted molar refractivity (Wildman–Crippen MR) is 99.7 cm³/mol. The first-order valence-corrected chi connectivity index (χ1v) is 9.34. The molecule has 2 nitrogen and oxygen atoms in total. The summed E-state index contributed by atoms with van der Waals surface area (Å²) in [4.78, 5) is 12.4. The Bertz CT molecular complexity index is 449. The maximum atomic E-state index is 12.4. The van der Waals surface area contributed by atoms with Gasteiger partial charge in [-0.05, 0) is 42.7 Å². The highest BCUT2D eigenvalue weighted by atomic mass is 16.1. The Balaban J connectivity index is 2.52. The van der Waals surface area contributed by atoms with Crippen LogP contribution in [-0.2, 0) is 11.2 Å². The Morgan fingerprint density at radius 3 is 2.26 bits per heavy atom. The van der Waals surface area contributed by atoms with E-state index in [-0.39, 0.29) is 11.8 Å². The number of amides is 1. The van der Waals surface area contributed by atoms with Crippen molar-refractivity contribution in [1.29, 1.82) is 0 Å². The van der Waals surface area contributed by atoms with Gasteiger partial charge in [0.05, 0.1) is 5.92 Å². The average molecular weight is 318 g/mol. The number of carbonyl (C=O) groups is 1. The second kappa shape index (κ2) is 10.5. The van der Waals surface area contributed by atoms with Crippen molar-refractivity contribution in [3.63, 3.8) is 0 Å². The summed E-state index contributed by atoms with van der Waals surface area (Å²) in [6.45, 7) is 11.7. The monoisotopic (exact) mass is 317 g/mol. The van der Waals surface area contributed by atoms with Crippen LogP contribution in [0, 0.1) is 11.8 Å². The average Bonchev–Trinajstić information content (AvgIpc) is 2.54. The third-order valence-electron chi connectivity index (χ3n) is 4.63. The molecule has 0 fully saturated rings. The normalized spacial score (nSPS) is 13.8. The highest BCUT2D eigenvalue weighted by Crippen LogP contribution is 2.18. The Morgan fingerprint density at radius 1 is 1.09 bits per heavy atom. The lowest BCUT2D eigenvalue weighted by atomic mass is 9.95. The number of benzene rings is 1. The molecule has 130 valence electrons. The molecule has 0 unspecified atom stereocenters. The zero-order chi connectivity index (χ0) is 17.2. The van der Waals surface area contributed by atoms with Crippen molar-refractivity contribution < 1.29 is 4.79 Å². The van der Waals surface area contributed by atoms with E-state index < -0.39 is 0 Å². The minimum Gasteiger partial charge on any atom is -0.355 e. The van der Waals surface area contributed by atoms with Gasteiger partial charge in [0, 0.05) is 6.54 Å². The molecule has 0 aliphatic carbocycles. The fraction of sp³-hybridized carbons (Fsp3) is 0.667. The molecule has 23 heavy (non-hydrogen) atoms. The standard InChI is InChI=1S/C21H35NO/c1-6-8-9-18(7-2)15-22-21(23)17(5)20-12-10-19(11-13-20)14-16(3)4/h10-13,16-18H,6-9,14-15H2,1-5H3,(H,22,23)/t17-,18+/m1/s1. The van der Waals surface area contributed by atoms with Gasteiger partial charge < -0.3 is 5.32 Å². The van der Waals surface area contributed by atoms with E-state index in [1.807, 2.05) is 6.92 Å². The fourth-order valence-corrected chi connectivity index (χ4v) is 2.91. The van der Waals surface area contributed by atoms with Gasteiger partial charge in [0.15, 0.2) is 0 Å². The van der Waals surface area contributed by atoms with Crippen LogP contribution in [0.15, 0.2) is 24.3 Å². The molecule has 1 aromatic rings. The first-order chi connectivity index (χ1) is 11.0. The molecule has 1 rings (SSSR count). The SMILES string of the molecule is CCCC[C@H](CC)CNC(=O)[C@H](C)c1ccc(CC(C)C)cc1. The molecule has 0 saturated heterocycles. The summed E-state index contributed by atoms with van der Waals surface area (Å²) in [5.41, 5.74) is 2.46. The summed E-state index contributed by atoms with van der Waals surface area (Å²) >= 11 is 0.